The van der Waals surface area contributed by atoms with Gasteiger partial charge in [0.25, 0.3) is 0 Å². The highest BCUT2D eigenvalue weighted by Gasteiger charge is 2.21. The number of hydrogen-bond acceptors (Lipinski definition) is 2. The fourth-order valence-electron chi connectivity index (χ4n) is 2.13. The second kappa shape index (κ2) is 6.65. The Balaban J connectivity index is 2.25. The minimum Gasteiger partial charge on any atom is -0.496 e. The SMILES string of the molecule is COc1ccc(NC(=O)C(C)(C)C)cc1Cc1ccccc1. The van der Waals surface area contributed by atoms with E-state index in [9.17, 15) is 4.79 Å². The van der Waals surface area contributed by atoms with E-state index in [1.54, 1.807) is 7.11 Å². The van der Waals surface area contributed by atoms with Gasteiger partial charge in [-0.2, -0.15) is 0 Å². The molecule has 0 aliphatic carbocycles. The van der Waals surface area contributed by atoms with Crippen LogP contribution in [0.3, 0.4) is 0 Å². The monoisotopic (exact) mass is 297 g/mol. The average Bonchev–Trinajstić information content (AvgIpc) is 2.47. The molecular formula is C19H23NO2. The number of benzene rings is 2. The predicted octanol–water partition coefficient (Wildman–Crippen LogP) is 4.27. The molecule has 0 aliphatic heterocycles. The maximum absolute atomic E-state index is 12.1. The molecule has 0 radical (unpaired) electrons. The van der Waals surface area contributed by atoms with E-state index in [1.807, 2.05) is 57.2 Å². The standard InChI is InChI=1S/C19H23NO2/c1-19(2,3)18(21)20-16-10-11-17(22-4)15(13-16)12-14-8-6-5-7-9-14/h5-11,13H,12H2,1-4H3,(H,20,21). The van der Waals surface area contributed by atoms with Crippen molar-refractivity contribution in [3.05, 3.63) is 59.7 Å². The van der Waals surface area contributed by atoms with Crippen LogP contribution in [0.15, 0.2) is 48.5 Å². The first-order valence-electron chi connectivity index (χ1n) is 7.42. The van der Waals surface area contributed by atoms with Crippen LogP contribution in [0.25, 0.3) is 0 Å². The summed E-state index contributed by atoms with van der Waals surface area (Å²) in [6.45, 7) is 5.70. The molecule has 0 saturated carbocycles. The van der Waals surface area contributed by atoms with Crippen molar-refractivity contribution in [1.29, 1.82) is 0 Å². The van der Waals surface area contributed by atoms with E-state index < -0.39 is 5.41 Å². The molecule has 0 aliphatic rings. The third-order valence-corrected chi connectivity index (χ3v) is 3.46. The Kier molecular flexibility index (Phi) is 4.86. The number of methoxy groups -OCH3 is 1. The first kappa shape index (κ1) is 16.1. The zero-order valence-corrected chi connectivity index (χ0v) is 13.6. The van der Waals surface area contributed by atoms with Crippen molar-refractivity contribution in [2.75, 3.05) is 12.4 Å². The fourth-order valence-corrected chi connectivity index (χ4v) is 2.13. The zero-order chi connectivity index (χ0) is 16.2. The molecule has 22 heavy (non-hydrogen) atoms. The van der Waals surface area contributed by atoms with Gasteiger partial charge in [-0.15, -0.1) is 0 Å². The van der Waals surface area contributed by atoms with Crippen molar-refractivity contribution in [2.45, 2.75) is 27.2 Å². The van der Waals surface area contributed by atoms with Crippen LogP contribution >= 0.6 is 0 Å². The van der Waals surface area contributed by atoms with Crippen LogP contribution in [0.4, 0.5) is 5.69 Å². The van der Waals surface area contributed by atoms with Gasteiger partial charge in [0.1, 0.15) is 5.75 Å². The molecule has 0 atom stereocenters. The van der Waals surface area contributed by atoms with E-state index in [1.165, 1.54) is 5.56 Å². The fraction of sp³-hybridized carbons (Fsp3) is 0.316. The van der Waals surface area contributed by atoms with Crippen molar-refractivity contribution in [1.82, 2.24) is 0 Å². The Bertz CT molecular complexity index is 642. The van der Waals surface area contributed by atoms with Gasteiger partial charge in [0.15, 0.2) is 0 Å². The summed E-state index contributed by atoms with van der Waals surface area (Å²) in [6.07, 6.45) is 0.767. The molecule has 116 valence electrons. The van der Waals surface area contributed by atoms with Gasteiger partial charge in [0.05, 0.1) is 7.11 Å². The summed E-state index contributed by atoms with van der Waals surface area (Å²) in [5.41, 5.74) is 2.65. The van der Waals surface area contributed by atoms with Gasteiger partial charge in [-0.1, -0.05) is 51.1 Å². The normalized spacial score (nSPS) is 11.1. The highest BCUT2D eigenvalue weighted by Crippen LogP contribution is 2.26. The molecule has 0 saturated heterocycles. The highest BCUT2D eigenvalue weighted by molar-refractivity contribution is 5.94. The molecule has 0 spiro atoms. The van der Waals surface area contributed by atoms with E-state index in [2.05, 4.69) is 17.4 Å². The largest absolute Gasteiger partial charge is 0.496 e. The second-order valence-corrected chi connectivity index (χ2v) is 6.39. The molecule has 3 nitrogen and oxygen atoms in total. The molecule has 0 fully saturated rings. The van der Waals surface area contributed by atoms with Crippen molar-refractivity contribution >= 4 is 11.6 Å². The van der Waals surface area contributed by atoms with Crippen LogP contribution in [0, 0.1) is 5.41 Å². The number of amides is 1. The number of carbonyl (C=O) groups is 1. The second-order valence-electron chi connectivity index (χ2n) is 6.39. The first-order chi connectivity index (χ1) is 10.4. The van der Waals surface area contributed by atoms with Gasteiger partial charge < -0.3 is 10.1 Å². The number of carbonyl (C=O) groups excluding carboxylic acids is 1. The quantitative estimate of drug-likeness (QED) is 0.915. The summed E-state index contributed by atoms with van der Waals surface area (Å²) in [5, 5.41) is 2.96. The van der Waals surface area contributed by atoms with E-state index in [0.717, 1.165) is 23.4 Å². The number of hydrogen-bond donors (Lipinski definition) is 1. The minimum atomic E-state index is -0.417. The lowest BCUT2D eigenvalue weighted by atomic mass is 9.95. The van der Waals surface area contributed by atoms with E-state index in [0.29, 0.717) is 0 Å². The maximum Gasteiger partial charge on any atom is 0.229 e. The molecule has 0 heterocycles. The lowest BCUT2D eigenvalue weighted by Crippen LogP contribution is -2.27. The summed E-state index contributed by atoms with van der Waals surface area (Å²) in [4.78, 5) is 12.1. The van der Waals surface area contributed by atoms with Crippen LogP contribution in [-0.2, 0) is 11.2 Å². The van der Waals surface area contributed by atoms with Crippen molar-refractivity contribution in [3.63, 3.8) is 0 Å². The molecular weight excluding hydrogens is 274 g/mol. The van der Waals surface area contributed by atoms with Crippen LogP contribution < -0.4 is 10.1 Å². The van der Waals surface area contributed by atoms with Crippen LogP contribution in [0.5, 0.6) is 5.75 Å². The molecule has 1 amide bonds. The van der Waals surface area contributed by atoms with Crippen LogP contribution in [0.1, 0.15) is 31.9 Å². The Hall–Kier alpha value is -2.29. The Morgan fingerprint density at radius 1 is 1.09 bits per heavy atom. The zero-order valence-electron chi connectivity index (χ0n) is 13.6. The summed E-state index contributed by atoms with van der Waals surface area (Å²) in [5.74, 6) is 0.834. The number of anilines is 1. The number of ether oxygens (including phenoxy) is 1. The van der Waals surface area contributed by atoms with Gasteiger partial charge in [0, 0.05) is 23.1 Å². The average molecular weight is 297 g/mol. The number of nitrogens with one attached hydrogen (secondary N) is 1. The van der Waals surface area contributed by atoms with Gasteiger partial charge in [0.2, 0.25) is 5.91 Å². The van der Waals surface area contributed by atoms with Crippen LogP contribution in [0.2, 0.25) is 0 Å². The molecule has 0 aromatic heterocycles. The molecule has 2 rings (SSSR count). The van der Waals surface area contributed by atoms with Crippen molar-refractivity contribution in [3.8, 4) is 5.75 Å². The lowest BCUT2D eigenvalue weighted by Gasteiger charge is -2.18. The molecule has 2 aromatic carbocycles. The lowest BCUT2D eigenvalue weighted by molar-refractivity contribution is -0.123. The molecule has 0 unspecified atom stereocenters. The van der Waals surface area contributed by atoms with E-state index >= 15 is 0 Å². The van der Waals surface area contributed by atoms with Gasteiger partial charge in [-0.3, -0.25) is 4.79 Å². The highest BCUT2D eigenvalue weighted by atomic mass is 16.5. The maximum atomic E-state index is 12.1. The Morgan fingerprint density at radius 3 is 2.36 bits per heavy atom. The predicted molar refractivity (Wildman–Crippen MR) is 90.3 cm³/mol. The van der Waals surface area contributed by atoms with Crippen LogP contribution in [-0.4, -0.2) is 13.0 Å². The number of rotatable bonds is 4. The van der Waals surface area contributed by atoms with Gasteiger partial charge >= 0.3 is 0 Å². The van der Waals surface area contributed by atoms with E-state index in [-0.39, 0.29) is 5.91 Å². The minimum absolute atomic E-state index is 0.00308. The third kappa shape index (κ3) is 4.10. The topological polar surface area (TPSA) is 38.3 Å². The summed E-state index contributed by atoms with van der Waals surface area (Å²) in [6, 6.07) is 16.0. The summed E-state index contributed by atoms with van der Waals surface area (Å²) >= 11 is 0. The molecule has 0 bridgehead atoms. The first-order valence-corrected chi connectivity index (χ1v) is 7.42. The summed E-state index contributed by atoms with van der Waals surface area (Å²) < 4.78 is 5.43. The van der Waals surface area contributed by atoms with Gasteiger partial charge in [-0.25, -0.2) is 0 Å². The third-order valence-electron chi connectivity index (χ3n) is 3.46. The summed E-state index contributed by atoms with van der Waals surface area (Å²) in [7, 11) is 1.66. The van der Waals surface area contributed by atoms with Crippen molar-refractivity contribution < 1.29 is 9.53 Å². The molecule has 1 N–H and O–H groups in total. The van der Waals surface area contributed by atoms with Gasteiger partial charge in [-0.05, 0) is 23.8 Å². The van der Waals surface area contributed by atoms with Crippen molar-refractivity contribution in [2.24, 2.45) is 5.41 Å². The smallest absolute Gasteiger partial charge is 0.229 e. The Morgan fingerprint density at radius 2 is 1.77 bits per heavy atom. The van der Waals surface area contributed by atoms with E-state index in [4.69, 9.17) is 4.74 Å². The molecule has 2 aromatic rings. The molecule has 3 heteroatoms. The Labute approximate surface area is 132 Å².